The van der Waals surface area contributed by atoms with E-state index in [1.807, 2.05) is 24.0 Å². The molecule has 0 bridgehead atoms. The molecule has 1 aliphatic carbocycles. The molecule has 1 aliphatic rings. The summed E-state index contributed by atoms with van der Waals surface area (Å²) < 4.78 is 1.93. The lowest BCUT2D eigenvalue weighted by Crippen LogP contribution is -2.31. The first kappa shape index (κ1) is 11.4. The fraction of sp³-hybridized carbons (Fsp3) is 0.615. The molecular formula is C13H21N3. The Morgan fingerprint density at radius 1 is 1.69 bits per heavy atom. The molecule has 1 aromatic rings. The van der Waals surface area contributed by atoms with Crippen LogP contribution in [-0.4, -0.2) is 15.8 Å². The van der Waals surface area contributed by atoms with E-state index in [0.29, 0.717) is 6.04 Å². The molecule has 3 nitrogen and oxygen atoms in total. The summed E-state index contributed by atoms with van der Waals surface area (Å²) in [5.41, 5.74) is 1.25. The van der Waals surface area contributed by atoms with Crippen LogP contribution in [0, 0.1) is 5.92 Å². The van der Waals surface area contributed by atoms with Crippen LogP contribution >= 0.6 is 0 Å². The lowest BCUT2D eigenvalue weighted by Gasteiger charge is -2.17. The van der Waals surface area contributed by atoms with E-state index >= 15 is 0 Å². The van der Waals surface area contributed by atoms with Gasteiger partial charge < -0.3 is 5.32 Å². The Labute approximate surface area is 97.5 Å². The van der Waals surface area contributed by atoms with Gasteiger partial charge in [0.25, 0.3) is 0 Å². The highest BCUT2D eigenvalue weighted by molar-refractivity contribution is 5.00. The third-order valence-electron chi connectivity index (χ3n) is 3.34. The SMILES string of the molecule is C=CCCC(NCc1ccnn1C)C1CC1. The van der Waals surface area contributed by atoms with Crippen molar-refractivity contribution < 1.29 is 0 Å². The van der Waals surface area contributed by atoms with Gasteiger partial charge in [0.05, 0.1) is 5.69 Å². The Kier molecular flexibility index (Phi) is 3.78. The van der Waals surface area contributed by atoms with Gasteiger partial charge in [-0.05, 0) is 37.7 Å². The zero-order valence-electron chi connectivity index (χ0n) is 10.0. The lowest BCUT2D eigenvalue weighted by atomic mass is 10.1. The Morgan fingerprint density at radius 3 is 3.06 bits per heavy atom. The van der Waals surface area contributed by atoms with Crippen LogP contribution in [-0.2, 0) is 13.6 Å². The summed E-state index contributed by atoms with van der Waals surface area (Å²) >= 11 is 0. The fourth-order valence-corrected chi connectivity index (χ4v) is 2.11. The Hall–Kier alpha value is -1.09. The average molecular weight is 219 g/mol. The van der Waals surface area contributed by atoms with Crippen molar-refractivity contribution in [1.29, 1.82) is 0 Å². The van der Waals surface area contributed by atoms with Crippen LogP contribution in [0.25, 0.3) is 0 Å². The standard InChI is InChI=1S/C13H21N3/c1-3-4-5-13(11-6-7-11)14-10-12-8-9-15-16(12)2/h3,8-9,11,13-14H,1,4-7,10H2,2H3. The molecule has 2 rings (SSSR count). The van der Waals surface area contributed by atoms with Crippen molar-refractivity contribution in [3.05, 3.63) is 30.6 Å². The third-order valence-corrected chi connectivity index (χ3v) is 3.34. The van der Waals surface area contributed by atoms with Gasteiger partial charge in [0.1, 0.15) is 0 Å². The molecule has 1 saturated carbocycles. The molecule has 0 spiro atoms. The van der Waals surface area contributed by atoms with Crippen LogP contribution in [0.3, 0.4) is 0 Å². The largest absolute Gasteiger partial charge is 0.308 e. The molecule has 1 N–H and O–H groups in total. The zero-order valence-corrected chi connectivity index (χ0v) is 10.0. The molecule has 0 saturated heterocycles. The third kappa shape index (κ3) is 2.95. The maximum Gasteiger partial charge on any atom is 0.0518 e. The highest BCUT2D eigenvalue weighted by Gasteiger charge is 2.30. The Bertz CT molecular complexity index is 339. The Balaban J connectivity index is 1.81. The second-order valence-corrected chi connectivity index (χ2v) is 4.64. The maximum absolute atomic E-state index is 4.18. The predicted octanol–water partition coefficient (Wildman–Crippen LogP) is 2.25. The van der Waals surface area contributed by atoms with E-state index < -0.39 is 0 Å². The first-order chi connectivity index (χ1) is 7.81. The van der Waals surface area contributed by atoms with E-state index in [0.717, 1.165) is 18.9 Å². The highest BCUT2D eigenvalue weighted by atomic mass is 15.3. The van der Waals surface area contributed by atoms with Crippen LogP contribution < -0.4 is 5.32 Å². The minimum absolute atomic E-state index is 0.660. The van der Waals surface area contributed by atoms with Crippen LogP contribution in [0.2, 0.25) is 0 Å². The van der Waals surface area contributed by atoms with Crippen molar-refractivity contribution in [1.82, 2.24) is 15.1 Å². The number of nitrogens with zero attached hydrogens (tertiary/aromatic N) is 2. The molecule has 16 heavy (non-hydrogen) atoms. The summed E-state index contributed by atoms with van der Waals surface area (Å²) in [5.74, 6) is 0.896. The molecule has 1 unspecified atom stereocenters. The van der Waals surface area contributed by atoms with Gasteiger partial charge >= 0.3 is 0 Å². The van der Waals surface area contributed by atoms with Crippen LogP contribution in [0.5, 0.6) is 0 Å². The van der Waals surface area contributed by atoms with Gasteiger partial charge in [-0.2, -0.15) is 5.10 Å². The summed E-state index contributed by atoms with van der Waals surface area (Å²) in [4.78, 5) is 0. The fourth-order valence-electron chi connectivity index (χ4n) is 2.11. The van der Waals surface area contributed by atoms with Gasteiger partial charge in [-0.1, -0.05) is 6.08 Å². The topological polar surface area (TPSA) is 29.9 Å². The van der Waals surface area contributed by atoms with Gasteiger partial charge in [-0.3, -0.25) is 4.68 Å². The van der Waals surface area contributed by atoms with E-state index in [4.69, 9.17) is 0 Å². The number of aryl methyl sites for hydroxylation is 1. The van der Waals surface area contributed by atoms with Crippen LogP contribution in [0.4, 0.5) is 0 Å². The summed E-state index contributed by atoms with van der Waals surface area (Å²) in [7, 11) is 1.99. The van der Waals surface area contributed by atoms with Gasteiger partial charge in [0.2, 0.25) is 0 Å². The minimum Gasteiger partial charge on any atom is -0.308 e. The van der Waals surface area contributed by atoms with Crippen molar-refractivity contribution >= 4 is 0 Å². The minimum atomic E-state index is 0.660. The van der Waals surface area contributed by atoms with E-state index in [1.54, 1.807) is 0 Å². The average Bonchev–Trinajstić information content (AvgIpc) is 3.04. The van der Waals surface area contributed by atoms with Crippen molar-refractivity contribution in [3.8, 4) is 0 Å². The van der Waals surface area contributed by atoms with Gasteiger partial charge in [-0.25, -0.2) is 0 Å². The van der Waals surface area contributed by atoms with E-state index in [1.165, 1.54) is 25.0 Å². The normalized spacial score (nSPS) is 17.3. The summed E-state index contributed by atoms with van der Waals surface area (Å²) in [5, 5.41) is 7.83. The molecule has 88 valence electrons. The lowest BCUT2D eigenvalue weighted by molar-refractivity contribution is 0.429. The quantitative estimate of drug-likeness (QED) is 0.713. The molecular weight excluding hydrogens is 198 g/mol. The second-order valence-electron chi connectivity index (χ2n) is 4.64. The van der Waals surface area contributed by atoms with E-state index in [9.17, 15) is 0 Å². The predicted molar refractivity (Wildman–Crippen MR) is 66.0 cm³/mol. The van der Waals surface area contributed by atoms with Crippen LogP contribution in [0.1, 0.15) is 31.4 Å². The smallest absolute Gasteiger partial charge is 0.0518 e. The number of rotatable bonds is 7. The molecule has 0 aromatic carbocycles. The molecule has 1 aromatic heterocycles. The molecule has 3 heteroatoms. The summed E-state index contributed by atoms with van der Waals surface area (Å²) in [6.07, 6.45) is 8.97. The molecule has 1 fully saturated rings. The maximum atomic E-state index is 4.18. The molecule has 1 heterocycles. The number of hydrogen-bond acceptors (Lipinski definition) is 2. The van der Waals surface area contributed by atoms with Crippen molar-refractivity contribution in [2.75, 3.05) is 0 Å². The highest BCUT2D eigenvalue weighted by Crippen LogP contribution is 2.34. The molecule has 0 amide bonds. The molecule has 0 radical (unpaired) electrons. The summed E-state index contributed by atoms with van der Waals surface area (Å²) in [6, 6.07) is 2.73. The zero-order chi connectivity index (χ0) is 11.4. The van der Waals surface area contributed by atoms with E-state index in [2.05, 4.69) is 23.1 Å². The second kappa shape index (κ2) is 5.30. The Morgan fingerprint density at radius 2 is 2.50 bits per heavy atom. The molecule has 1 atom stereocenters. The van der Waals surface area contributed by atoms with Gasteiger partial charge in [0, 0.05) is 25.8 Å². The van der Waals surface area contributed by atoms with Crippen molar-refractivity contribution in [2.45, 2.75) is 38.3 Å². The first-order valence-electron chi connectivity index (χ1n) is 6.12. The molecule has 0 aliphatic heterocycles. The number of aromatic nitrogens is 2. The van der Waals surface area contributed by atoms with Crippen molar-refractivity contribution in [2.24, 2.45) is 13.0 Å². The van der Waals surface area contributed by atoms with Gasteiger partial charge in [-0.15, -0.1) is 6.58 Å². The monoisotopic (exact) mass is 219 g/mol. The number of hydrogen-bond donors (Lipinski definition) is 1. The number of allylic oxidation sites excluding steroid dienone is 1. The number of nitrogens with one attached hydrogen (secondary N) is 1. The summed E-state index contributed by atoms with van der Waals surface area (Å²) in [6.45, 7) is 4.72. The van der Waals surface area contributed by atoms with Gasteiger partial charge in [0.15, 0.2) is 0 Å². The van der Waals surface area contributed by atoms with Crippen LogP contribution in [0.15, 0.2) is 24.9 Å². The first-order valence-corrected chi connectivity index (χ1v) is 6.12. The van der Waals surface area contributed by atoms with Crippen molar-refractivity contribution in [3.63, 3.8) is 0 Å². The van der Waals surface area contributed by atoms with E-state index in [-0.39, 0.29) is 0 Å².